The Morgan fingerprint density at radius 3 is 2.23 bits per heavy atom. The van der Waals surface area contributed by atoms with Crippen LogP contribution in [0.25, 0.3) is 0 Å². The molecule has 0 aliphatic carbocycles. The maximum Gasteiger partial charge on any atom is 0.215 e. The molecule has 1 aliphatic heterocycles. The van der Waals surface area contributed by atoms with Gasteiger partial charge in [-0.2, -0.15) is 0 Å². The second-order valence-corrected chi connectivity index (χ2v) is 6.92. The summed E-state index contributed by atoms with van der Waals surface area (Å²) in [5.74, 6) is -0.713. The van der Waals surface area contributed by atoms with Crippen molar-refractivity contribution in [3.8, 4) is 0 Å². The van der Waals surface area contributed by atoms with Crippen molar-refractivity contribution in [3.05, 3.63) is 0 Å². The van der Waals surface area contributed by atoms with Gasteiger partial charge < -0.3 is 4.74 Å². The Balaban J connectivity index is 3.01. The van der Waals surface area contributed by atoms with E-state index >= 15 is 0 Å². The van der Waals surface area contributed by atoms with E-state index < -0.39 is 37.0 Å². The number of sulfonamides is 1. The minimum atomic E-state index is -3.84. The Morgan fingerprint density at radius 2 is 1.92 bits per heavy atom. The first-order chi connectivity index (χ1) is 5.76. The summed E-state index contributed by atoms with van der Waals surface area (Å²) in [5.41, 5.74) is 0. The number of sulfone groups is 1. The first-order valence-electron chi connectivity index (χ1n) is 3.51. The SMILES string of the molecule is COC1CS(=O)(=O)CC1S(N)(=O)=O. The molecule has 0 aromatic rings. The van der Waals surface area contributed by atoms with Crippen LogP contribution in [0.15, 0.2) is 0 Å². The van der Waals surface area contributed by atoms with Gasteiger partial charge in [0.15, 0.2) is 9.84 Å². The Hall–Kier alpha value is -0.180. The Kier molecular flexibility index (Phi) is 2.68. The minimum absolute atomic E-state index is 0.273. The van der Waals surface area contributed by atoms with Crippen LogP contribution in [0.3, 0.4) is 0 Å². The van der Waals surface area contributed by atoms with Crippen molar-refractivity contribution < 1.29 is 21.6 Å². The van der Waals surface area contributed by atoms with E-state index in [4.69, 9.17) is 9.88 Å². The van der Waals surface area contributed by atoms with Crippen molar-refractivity contribution in [1.29, 1.82) is 0 Å². The highest BCUT2D eigenvalue weighted by Crippen LogP contribution is 2.19. The van der Waals surface area contributed by atoms with E-state index in [1.165, 1.54) is 7.11 Å². The molecule has 1 fully saturated rings. The highest BCUT2D eigenvalue weighted by Gasteiger charge is 2.44. The van der Waals surface area contributed by atoms with Gasteiger partial charge in [-0.1, -0.05) is 0 Å². The van der Waals surface area contributed by atoms with Crippen LogP contribution in [0.2, 0.25) is 0 Å². The standard InChI is InChI=1S/C5H11NO5S2/c1-11-4-2-12(7,8)3-5(4)13(6,9)10/h4-5H,2-3H2,1H3,(H2,6,9,10). The fourth-order valence-electron chi connectivity index (χ4n) is 1.31. The molecule has 0 aromatic carbocycles. The lowest BCUT2D eigenvalue weighted by Crippen LogP contribution is -2.38. The monoisotopic (exact) mass is 229 g/mol. The fourth-order valence-corrected chi connectivity index (χ4v) is 5.16. The first-order valence-corrected chi connectivity index (χ1v) is 6.94. The van der Waals surface area contributed by atoms with Crippen LogP contribution in [0.4, 0.5) is 0 Å². The largest absolute Gasteiger partial charge is 0.379 e. The molecule has 0 spiro atoms. The average molecular weight is 229 g/mol. The van der Waals surface area contributed by atoms with Crippen LogP contribution in [-0.4, -0.2) is 46.8 Å². The molecule has 8 heteroatoms. The van der Waals surface area contributed by atoms with Gasteiger partial charge in [-0.15, -0.1) is 0 Å². The molecule has 2 atom stereocenters. The summed E-state index contributed by atoms with van der Waals surface area (Å²) >= 11 is 0. The van der Waals surface area contributed by atoms with Crippen molar-refractivity contribution >= 4 is 19.9 Å². The predicted molar refractivity (Wildman–Crippen MR) is 46.3 cm³/mol. The molecule has 2 unspecified atom stereocenters. The molecule has 6 nitrogen and oxygen atoms in total. The van der Waals surface area contributed by atoms with Crippen molar-refractivity contribution in [1.82, 2.24) is 0 Å². The van der Waals surface area contributed by atoms with E-state index in [-0.39, 0.29) is 5.75 Å². The molecule has 1 rings (SSSR count). The molecule has 0 radical (unpaired) electrons. The van der Waals surface area contributed by atoms with Crippen molar-refractivity contribution in [2.75, 3.05) is 18.6 Å². The molecule has 13 heavy (non-hydrogen) atoms. The van der Waals surface area contributed by atoms with Crippen molar-refractivity contribution in [3.63, 3.8) is 0 Å². The third-order valence-electron chi connectivity index (χ3n) is 1.98. The van der Waals surface area contributed by atoms with Gasteiger partial charge in [-0.3, -0.25) is 0 Å². The van der Waals surface area contributed by atoms with E-state index in [9.17, 15) is 16.8 Å². The molecule has 2 N–H and O–H groups in total. The third kappa shape index (κ3) is 2.39. The fraction of sp³-hybridized carbons (Fsp3) is 1.00. The van der Waals surface area contributed by atoms with E-state index in [1.54, 1.807) is 0 Å². The predicted octanol–water partition coefficient (Wildman–Crippen LogP) is -1.91. The molecule has 0 aromatic heterocycles. The molecule has 0 amide bonds. The van der Waals surface area contributed by atoms with Gasteiger partial charge in [0, 0.05) is 7.11 Å². The maximum atomic E-state index is 11.1. The van der Waals surface area contributed by atoms with Gasteiger partial charge in [-0.05, 0) is 0 Å². The Labute approximate surface area is 77.0 Å². The van der Waals surface area contributed by atoms with Gasteiger partial charge in [-0.25, -0.2) is 22.0 Å². The quantitative estimate of drug-likeness (QED) is 0.595. The van der Waals surface area contributed by atoms with E-state index in [1.807, 2.05) is 0 Å². The molecule has 1 heterocycles. The summed E-state index contributed by atoms with van der Waals surface area (Å²) in [6.45, 7) is 0. The van der Waals surface area contributed by atoms with Crippen molar-refractivity contribution in [2.45, 2.75) is 11.4 Å². The smallest absolute Gasteiger partial charge is 0.215 e. The highest BCUT2D eigenvalue weighted by molar-refractivity contribution is 7.95. The summed E-state index contributed by atoms with van der Waals surface area (Å²) < 4.78 is 48.7. The van der Waals surface area contributed by atoms with Crippen molar-refractivity contribution in [2.24, 2.45) is 5.14 Å². The number of primary sulfonamides is 1. The van der Waals surface area contributed by atoms with Gasteiger partial charge in [0.25, 0.3) is 0 Å². The summed E-state index contributed by atoms with van der Waals surface area (Å²) in [7, 11) is -5.90. The van der Waals surface area contributed by atoms with Crippen LogP contribution in [-0.2, 0) is 24.6 Å². The van der Waals surface area contributed by atoms with E-state index in [0.717, 1.165) is 0 Å². The third-order valence-corrected chi connectivity index (χ3v) is 5.20. The topological polar surface area (TPSA) is 104 Å². The summed E-state index contributed by atoms with van der Waals surface area (Å²) in [6.07, 6.45) is -0.833. The van der Waals surface area contributed by atoms with Gasteiger partial charge in [0.1, 0.15) is 5.25 Å². The average Bonchev–Trinajstić information content (AvgIpc) is 2.24. The molecule has 1 aliphatic rings. The zero-order chi connectivity index (χ0) is 10.3. The van der Waals surface area contributed by atoms with Crippen LogP contribution in [0.5, 0.6) is 0 Å². The lowest BCUT2D eigenvalue weighted by molar-refractivity contribution is 0.126. The zero-order valence-corrected chi connectivity index (χ0v) is 8.64. The number of ether oxygens (including phenoxy) is 1. The normalized spacial score (nSPS) is 33.4. The minimum Gasteiger partial charge on any atom is -0.379 e. The lowest BCUT2D eigenvalue weighted by atomic mass is 10.3. The van der Waals surface area contributed by atoms with Gasteiger partial charge in [0.05, 0.1) is 17.6 Å². The van der Waals surface area contributed by atoms with Crippen LogP contribution < -0.4 is 5.14 Å². The van der Waals surface area contributed by atoms with Crippen LogP contribution in [0, 0.1) is 0 Å². The van der Waals surface area contributed by atoms with E-state index in [0.29, 0.717) is 0 Å². The zero-order valence-electron chi connectivity index (χ0n) is 7.00. The summed E-state index contributed by atoms with van der Waals surface area (Å²) in [5, 5.41) is 3.73. The number of rotatable bonds is 2. The van der Waals surface area contributed by atoms with Gasteiger partial charge in [0.2, 0.25) is 10.0 Å². The summed E-state index contributed by atoms with van der Waals surface area (Å²) in [4.78, 5) is 0. The second kappa shape index (κ2) is 3.19. The molecule has 78 valence electrons. The van der Waals surface area contributed by atoms with Crippen LogP contribution in [0.1, 0.15) is 0 Å². The van der Waals surface area contributed by atoms with E-state index in [2.05, 4.69) is 0 Å². The highest BCUT2D eigenvalue weighted by atomic mass is 32.2. The Bertz CT molecular complexity index is 383. The van der Waals surface area contributed by atoms with Gasteiger partial charge >= 0.3 is 0 Å². The maximum absolute atomic E-state index is 11.1. The number of nitrogens with two attached hydrogens (primary N) is 1. The number of hydrogen-bond donors (Lipinski definition) is 1. The lowest BCUT2D eigenvalue weighted by Gasteiger charge is -2.13. The first kappa shape index (κ1) is 10.9. The molecular weight excluding hydrogens is 218 g/mol. The molecule has 0 bridgehead atoms. The Morgan fingerprint density at radius 1 is 1.38 bits per heavy atom. The van der Waals surface area contributed by atoms with Crippen LogP contribution >= 0.6 is 0 Å². The molecular formula is C5H11NO5S2. The molecule has 0 saturated carbocycles. The number of methoxy groups -OCH3 is 1. The second-order valence-electron chi connectivity index (χ2n) is 2.98. The summed E-state index contributed by atoms with van der Waals surface area (Å²) in [6, 6.07) is 0. The molecule has 1 saturated heterocycles. The number of hydrogen-bond acceptors (Lipinski definition) is 5.